The number of methoxy groups -OCH3 is 1. The first-order valence-corrected chi connectivity index (χ1v) is 11.6. The van der Waals surface area contributed by atoms with Crippen LogP contribution < -0.4 is 10.1 Å². The summed E-state index contributed by atoms with van der Waals surface area (Å²) < 4.78 is 25.0. The molecule has 2 aromatic carbocycles. The summed E-state index contributed by atoms with van der Waals surface area (Å²) in [5.74, 6) is 1.41. The summed E-state index contributed by atoms with van der Waals surface area (Å²) in [5, 5.41) is 3.10. The fraction of sp³-hybridized carbons (Fsp3) is 0.370. The lowest BCUT2D eigenvalue weighted by Gasteiger charge is -2.22. The molecule has 1 fully saturated rings. The van der Waals surface area contributed by atoms with Crippen molar-refractivity contribution >= 4 is 5.91 Å². The molecule has 1 saturated carbocycles. The van der Waals surface area contributed by atoms with Gasteiger partial charge in [0.1, 0.15) is 17.3 Å². The maximum atomic E-state index is 13.8. The van der Waals surface area contributed by atoms with E-state index in [1.807, 2.05) is 36.4 Å². The predicted octanol–water partition coefficient (Wildman–Crippen LogP) is 5.69. The van der Waals surface area contributed by atoms with Crippen LogP contribution >= 0.6 is 0 Å². The zero-order chi connectivity index (χ0) is 23.0. The fourth-order valence-corrected chi connectivity index (χ4v) is 4.40. The van der Waals surface area contributed by atoms with Crippen molar-refractivity contribution in [3.63, 3.8) is 0 Å². The highest BCUT2D eigenvalue weighted by atomic mass is 19.1. The molecule has 1 aliphatic carbocycles. The zero-order valence-electron chi connectivity index (χ0n) is 19.1. The Labute approximate surface area is 194 Å². The average Bonchev–Trinajstić information content (AvgIpc) is 3.28. The summed E-state index contributed by atoms with van der Waals surface area (Å²) in [6, 6.07) is 18.3. The zero-order valence-corrected chi connectivity index (χ0v) is 19.1. The maximum Gasteiger partial charge on any atom is 0.287 e. The van der Waals surface area contributed by atoms with Crippen molar-refractivity contribution in [2.45, 2.75) is 57.8 Å². The molecule has 4 rings (SSSR count). The molecule has 6 heteroatoms. The second kappa shape index (κ2) is 11.1. The third kappa shape index (κ3) is 6.68. The average molecular weight is 451 g/mol. The molecule has 1 aromatic heterocycles. The summed E-state index contributed by atoms with van der Waals surface area (Å²) in [6.07, 6.45) is 5.62. The molecule has 1 N–H and O–H groups in total. The van der Waals surface area contributed by atoms with Crippen LogP contribution in [0.5, 0.6) is 5.75 Å². The van der Waals surface area contributed by atoms with Crippen LogP contribution in [0.4, 0.5) is 4.39 Å². The van der Waals surface area contributed by atoms with E-state index in [0.29, 0.717) is 31.2 Å². The summed E-state index contributed by atoms with van der Waals surface area (Å²) in [6.45, 7) is 1.65. The monoisotopic (exact) mass is 450 g/mol. The third-order valence-corrected chi connectivity index (χ3v) is 6.04. The van der Waals surface area contributed by atoms with Crippen LogP contribution in [0.2, 0.25) is 0 Å². The molecule has 1 amide bonds. The van der Waals surface area contributed by atoms with Gasteiger partial charge in [-0.3, -0.25) is 9.69 Å². The van der Waals surface area contributed by atoms with E-state index < -0.39 is 0 Å². The van der Waals surface area contributed by atoms with Crippen LogP contribution in [0.25, 0.3) is 0 Å². The molecule has 33 heavy (non-hydrogen) atoms. The Morgan fingerprint density at radius 3 is 2.45 bits per heavy atom. The van der Waals surface area contributed by atoms with E-state index >= 15 is 0 Å². The fourth-order valence-electron chi connectivity index (χ4n) is 4.40. The highest BCUT2D eigenvalue weighted by Gasteiger charge is 2.19. The number of carbonyl (C=O) groups is 1. The van der Waals surface area contributed by atoms with E-state index in [-0.39, 0.29) is 17.8 Å². The van der Waals surface area contributed by atoms with Crippen LogP contribution in [-0.4, -0.2) is 24.0 Å². The molecule has 0 spiro atoms. The minimum atomic E-state index is -0.256. The van der Waals surface area contributed by atoms with Crippen molar-refractivity contribution in [3.05, 3.63) is 89.1 Å². The number of hydrogen-bond donors (Lipinski definition) is 1. The molecular formula is C27H31FN2O3. The van der Waals surface area contributed by atoms with Gasteiger partial charge in [0.2, 0.25) is 0 Å². The van der Waals surface area contributed by atoms with Crippen LogP contribution in [0, 0.1) is 5.82 Å². The standard InChI is InChI=1S/C27H31FN2O3/c1-32-24-12-6-8-21(16-24)18-30(17-20-7-5-9-22(28)15-20)19-25-13-14-26(33-25)27(31)29-23-10-3-2-4-11-23/h5-9,12-16,23H,2-4,10-11,17-19H2,1H3,(H,29,31). The van der Waals surface area contributed by atoms with Crippen molar-refractivity contribution in [1.29, 1.82) is 0 Å². The number of halogens is 1. The molecule has 1 heterocycles. The van der Waals surface area contributed by atoms with Crippen LogP contribution in [-0.2, 0) is 19.6 Å². The Balaban J connectivity index is 1.46. The molecule has 0 aliphatic heterocycles. The maximum absolute atomic E-state index is 13.8. The van der Waals surface area contributed by atoms with Crippen LogP contribution in [0.3, 0.4) is 0 Å². The van der Waals surface area contributed by atoms with Crippen LogP contribution in [0.1, 0.15) is 59.5 Å². The number of benzene rings is 2. The Morgan fingerprint density at radius 1 is 1.00 bits per heavy atom. The highest BCUT2D eigenvalue weighted by Crippen LogP contribution is 2.21. The summed E-state index contributed by atoms with van der Waals surface area (Å²) in [7, 11) is 1.65. The number of nitrogens with zero attached hydrogens (tertiary/aromatic N) is 1. The topological polar surface area (TPSA) is 54.7 Å². The quantitative estimate of drug-likeness (QED) is 0.455. The first kappa shape index (κ1) is 23.1. The first-order chi connectivity index (χ1) is 16.1. The summed E-state index contributed by atoms with van der Waals surface area (Å²) in [5.41, 5.74) is 1.95. The molecule has 0 bridgehead atoms. The third-order valence-electron chi connectivity index (χ3n) is 6.04. The number of carbonyl (C=O) groups excluding carboxylic acids is 1. The van der Waals surface area contributed by atoms with Crippen molar-refractivity contribution in [1.82, 2.24) is 10.2 Å². The summed E-state index contributed by atoms with van der Waals surface area (Å²) in [4.78, 5) is 14.8. The molecule has 0 unspecified atom stereocenters. The minimum Gasteiger partial charge on any atom is -0.497 e. The van der Waals surface area contributed by atoms with Gasteiger partial charge < -0.3 is 14.5 Å². The molecule has 5 nitrogen and oxygen atoms in total. The van der Waals surface area contributed by atoms with Gasteiger partial charge in [-0.15, -0.1) is 0 Å². The van der Waals surface area contributed by atoms with Gasteiger partial charge in [0.15, 0.2) is 5.76 Å². The number of rotatable bonds is 9. The molecule has 1 aliphatic rings. The van der Waals surface area contributed by atoms with Gasteiger partial charge in [0.05, 0.1) is 13.7 Å². The van der Waals surface area contributed by atoms with E-state index in [2.05, 4.69) is 10.2 Å². The normalized spacial score (nSPS) is 14.4. The van der Waals surface area contributed by atoms with Gasteiger partial charge in [0, 0.05) is 19.1 Å². The predicted molar refractivity (Wildman–Crippen MR) is 125 cm³/mol. The number of nitrogens with one attached hydrogen (secondary N) is 1. The van der Waals surface area contributed by atoms with E-state index in [0.717, 1.165) is 42.6 Å². The van der Waals surface area contributed by atoms with Crippen molar-refractivity contribution in [2.24, 2.45) is 0 Å². The molecular weight excluding hydrogens is 419 g/mol. The number of hydrogen-bond acceptors (Lipinski definition) is 4. The SMILES string of the molecule is COc1cccc(CN(Cc2cccc(F)c2)Cc2ccc(C(=O)NC3CCCCC3)o2)c1. The first-order valence-electron chi connectivity index (χ1n) is 11.6. The Hall–Kier alpha value is -3.12. The largest absolute Gasteiger partial charge is 0.497 e. The minimum absolute atomic E-state index is 0.155. The van der Waals surface area contributed by atoms with Crippen molar-refractivity contribution in [2.75, 3.05) is 7.11 Å². The number of furan rings is 1. The van der Waals surface area contributed by atoms with Gasteiger partial charge in [-0.05, 0) is 60.4 Å². The van der Waals surface area contributed by atoms with E-state index in [1.165, 1.54) is 12.5 Å². The smallest absolute Gasteiger partial charge is 0.287 e. The van der Waals surface area contributed by atoms with Gasteiger partial charge in [-0.2, -0.15) is 0 Å². The van der Waals surface area contributed by atoms with Gasteiger partial charge in [-0.1, -0.05) is 43.5 Å². The van der Waals surface area contributed by atoms with E-state index in [9.17, 15) is 9.18 Å². The Kier molecular flexibility index (Phi) is 7.79. The van der Waals surface area contributed by atoms with E-state index in [4.69, 9.17) is 9.15 Å². The summed E-state index contributed by atoms with van der Waals surface area (Å²) >= 11 is 0. The Morgan fingerprint density at radius 2 is 1.73 bits per heavy atom. The van der Waals surface area contributed by atoms with Gasteiger partial charge >= 0.3 is 0 Å². The molecule has 3 aromatic rings. The molecule has 0 atom stereocenters. The van der Waals surface area contributed by atoms with Crippen LogP contribution in [0.15, 0.2) is 65.1 Å². The second-order valence-corrected chi connectivity index (χ2v) is 8.70. The van der Waals surface area contributed by atoms with Gasteiger partial charge in [0.25, 0.3) is 5.91 Å². The lowest BCUT2D eigenvalue weighted by atomic mass is 9.95. The van der Waals surface area contributed by atoms with Crippen molar-refractivity contribution < 1.29 is 18.3 Å². The van der Waals surface area contributed by atoms with Gasteiger partial charge in [-0.25, -0.2) is 4.39 Å². The second-order valence-electron chi connectivity index (χ2n) is 8.70. The van der Waals surface area contributed by atoms with Crippen molar-refractivity contribution in [3.8, 4) is 5.75 Å². The highest BCUT2D eigenvalue weighted by molar-refractivity contribution is 5.91. The van der Waals surface area contributed by atoms with E-state index in [1.54, 1.807) is 25.3 Å². The number of amides is 1. The molecule has 174 valence electrons. The lowest BCUT2D eigenvalue weighted by Crippen LogP contribution is -2.35. The lowest BCUT2D eigenvalue weighted by molar-refractivity contribution is 0.0895. The molecule has 0 radical (unpaired) electrons. The number of ether oxygens (including phenoxy) is 1. The molecule has 0 saturated heterocycles. The Bertz CT molecular complexity index is 1060.